The van der Waals surface area contributed by atoms with Crippen molar-refractivity contribution in [2.24, 2.45) is 0 Å². The molecular formula is C15H12FNO3S. The molecule has 2 aromatic carbocycles. The van der Waals surface area contributed by atoms with Gasteiger partial charge in [-0.2, -0.15) is 0 Å². The molecule has 2 N–H and O–H groups in total. The number of carbonyl (C=O) groups excluding carboxylic acids is 1. The minimum atomic E-state index is -1.22. The van der Waals surface area contributed by atoms with Gasteiger partial charge in [0.05, 0.1) is 11.3 Å². The Morgan fingerprint density at radius 1 is 1.10 bits per heavy atom. The normalized spacial score (nSPS) is 10.2. The van der Waals surface area contributed by atoms with E-state index in [2.05, 4.69) is 5.32 Å². The average molecular weight is 305 g/mol. The molecule has 0 aromatic heterocycles. The molecule has 108 valence electrons. The summed E-state index contributed by atoms with van der Waals surface area (Å²) >= 11 is 1.55. The van der Waals surface area contributed by atoms with Gasteiger partial charge in [0.25, 0.3) is 5.91 Å². The maximum absolute atomic E-state index is 13.7. The molecule has 0 saturated carbocycles. The van der Waals surface area contributed by atoms with Gasteiger partial charge in [0.2, 0.25) is 0 Å². The minimum Gasteiger partial charge on any atom is -0.478 e. The molecule has 0 aliphatic rings. The predicted octanol–water partition coefficient (Wildman–Crippen LogP) is 3.50. The molecule has 6 heteroatoms. The van der Waals surface area contributed by atoms with Crippen molar-refractivity contribution in [3.8, 4) is 0 Å². The highest BCUT2D eigenvalue weighted by atomic mass is 32.2. The zero-order valence-electron chi connectivity index (χ0n) is 11.1. The van der Waals surface area contributed by atoms with Crippen molar-refractivity contribution in [2.45, 2.75) is 4.90 Å². The number of rotatable bonds is 4. The van der Waals surface area contributed by atoms with E-state index in [0.29, 0.717) is 5.56 Å². The molecule has 0 radical (unpaired) electrons. The van der Waals surface area contributed by atoms with Crippen LogP contribution in [0.25, 0.3) is 0 Å². The highest BCUT2D eigenvalue weighted by Crippen LogP contribution is 2.18. The van der Waals surface area contributed by atoms with E-state index in [4.69, 9.17) is 5.11 Å². The van der Waals surface area contributed by atoms with Crippen LogP contribution in [0.3, 0.4) is 0 Å². The van der Waals surface area contributed by atoms with E-state index in [-0.39, 0.29) is 11.3 Å². The zero-order valence-corrected chi connectivity index (χ0v) is 11.9. The molecule has 0 bridgehead atoms. The summed E-state index contributed by atoms with van der Waals surface area (Å²) in [5.74, 6) is -2.46. The van der Waals surface area contributed by atoms with E-state index in [1.807, 2.05) is 6.26 Å². The number of nitrogens with one attached hydrogen (secondary N) is 1. The predicted molar refractivity (Wildman–Crippen MR) is 79.5 cm³/mol. The summed E-state index contributed by atoms with van der Waals surface area (Å²) < 4.78 is 13.7. The number of carboxylic acid groups (broad SMARTS) is 1. The van der Waals surface area contributed by atoms with Crippen LogP contribution in [0.2, 0.25) is 0 Å². The SMILES string of the molecule is CSc1ccc(C(=O)Nc2ccc(C(=O)O)cc2F)cc1. The van der Waals surface area contributed by atoms with Gasteiger partial charge in [-0.1, -0.05) is 0 Å². The van der Waals surface area contributed by atoms with Crippen LogP contribution in [0.5, 0.6) is 0 Å². The fourth-order valence-electron chi connectivity index (χ4n) is 1.69. The molecule has 21 heavy (non-hydrogen) atoms. The molecule has 0 saturated heterocycles. The Morgan fingerprint density at radius 3 is 2.24 bits per heavy atom. The van der Waals surface area contributed by atoms with E-state index in [0.717, 1.165) is 11.0 Å². The number of aromatic carboxylic acids is 1. The minimum absolute atomic E-state index is 0.0565. The number of anilines is 1. The first-order valence-electron chi connectivity index (χ1n) is 5.99. The van der Waals surface area contributed by atoms with E-state index < -0.39 is 17.7 Å². The quantitative estimate of drug-likeness (QED) is 0.848. The first-order valence-corrected chi connectivity index (χ1v) is 7.22. The second-order valence-corrected chi connectivity index (χ2v) is 5.06. The van der Waals surface area contributed by atoms with Crippen LogP contribution in [-0.4, -0.2) is 23.2 Å². The van der Waals surface area contributed by atoms with Gasteiger partial charge in [0.15, 0.2) is 0 Å². The second kappa shape index (κ2) is 6.41. The standard InChI is InChI=1S/C15H12FNO3S/c1-21-11-5-2-9(3-6-11)14(18)17-13-7-4-10(15(19)20)8-12(13)16/h2-8H,1H3,(H,17,18)(H,19,20). The van der Waals surface area contributed by atoms with Crippen molar-refractivity contribution in [2.75, 3.05) is 11.6 Å². The fourth-order valence-corrected chi connectivity index (χ4v) is 2.09. The lowest BCUT2D eigenvalue weighted by molar-refractivity contribution is 0.0696. The Hall–Kier alpha value is -2.34. The summed E-state index contributed by atoms with van der Waals surface area (Å²) in [6.45, 7) is 0. The smallest absolute Gasteiger partial charge is 0.335 e. The van der Waals surface area contributed by atoms with Gasteiger partial charge < -0.3 is 10.4 Å². The molecule has 1 amide bonds. The van der Waals surface area contributed by atoms with E-state index >= 15 is 0 Å². The molecular weight excluding hydrogens is 293 g/mol. The molecule has 2 rings (SSSR count). The van der Waals surface area contributed by atoms with Gasteiger partial charge in [-0.05, 0) is 48.7 Å². The summed E-state index contributed by atoms with van der Waals surface area (Å²) in [5, 5.41) is 11.2. The summed E-state index contributed by atoms with van der Waals surface area (Å²) in [6, 6.07) is 10.2. The topological polar surface area (TPSA) is 66.4 Å². The molecule has 4 nitrogen and oxygen atoms in total. The summed E-state index contributed by atoms with van der Waals surface area (Å²) in [5.41, 5.74) is 0.170. The van der Waals surface area contributed by atoms with E-state index in [1.54, 1.807) is 36.0 Å². The number of amides is 1. The molecule has 0 aliphatic carbocycles. The van der Waals surface area contributed by atoms with Gasteiger partial charge >= 0.3 is 5.97 Å². The Morgan fingerprint density at radius 2 is 1.71 bits per heavy atom. The Bertz CT molecular complexity index is 686. The van der Waals surface area contributed by atoms with Crippen LogP contribution in [0.1, 0.15) is 20.7 Å². The van der Waals surface area contributed by atoms with Gasteiger partial charge in [-0.25, -0.2) is 9.18 Å². The fraction of sp³-hybridized carbons (Fsp3) is 0.0667. The van der Waals surface area contributed by atoms with Crippen molar-refractivity contribution in [1.29, 1.82) is 0 Å². The Kier molecular flexibility index (Phi) is 4.59. The maximum Gasteiger partial charge on any atom is 0.335 e. The molecule has 0 fully saturated rings. The average Bonchev–Trinajstić information content (AvgIpc) is 2.49. The first-order chi connectivity index (χ1) is 10.0. The zero-order chi connectivity index (χ0) is 15.4. The number of thioether (sulfide) groups is 1. The largest absolute Gasteiger partial charge is 0.478 e. The third-order valence-electron chi connectivity index (χ3n) is 2.82. The van der Waals surface area contributed by atoms with Gasteiger partial charge in [0, 0.05) is 10.5 Å². The van der Waals surface area contributed by atoms with Crippen LogP contribution in [0, 0.1) is 5.82 Å². The number of carboxylic acids is 1. The molecule has 0 heterocycles. The molecule has 0 spiro atoms. The number of halogens is 1. The lowest BCUT2D eigenvalue weighted by Crippen LogP contribution is -2.13. The monoisotopic (exact) mass is 305 g/mol. The molecule has 2 aromatic rings. The first kappa shape index (κ1) is 15.1. The summed E-state index contributed by atoms with van der Waals surface area (Å²) in [7, 11) is 0. The van der Waals surface area contributed by atoms with Crippen LogP contribution >= 0.6 is 11.8 Å². The van der Waals surface area contributed by atoms with Crippen molar-refractivity contribution in [3.63, 3.8) is 0 Å². The molecule has 0 atom stereocenters. The van der Waals surface area contributed by atoms with Crippen molar-refractivity contribution >= 4 is 29.3 Å². The third kappa shape index (κ3) is 3.61. The lowest BCUT2D eigenvalue weighted by Gasteiger charge is -2.07. The van der Waals surface area contributed by atoms with Crippen LogP contribution in [0.15, 0.2) is 47.4 Å². The van der Waals surface area contributed by atoms with Crippen LogP contribution in [0.4, 0.5) is 10.1 Å². The number of carbonyl (C=O) groups is 2. The van der Waals surface area contributed by atoms with Gasteiger partial charge in [-0.3, -0.25) is 4.79 Å². The molecule has 0 aliphatic heterocycles. The molecule has 0 unspecified atom stereocenters. The maximum atomic E-state index is 13.7. The number of benzene rings is 2. The summed E-state index contributed by atoms with van der Waals surface area (Å²) in [6.07, 6.45) is 1.93. The number of hydrogen-bond acceptors (Lipinski definition) is 3. The van der Waals surface area contributed by atoms with Crippen molar-refractivity contribution in [1.82, 2.24) is 0 Å². The summed E-state index contributed by atoms with van der Waals surface area (Å²) in [4.78, 5) is 23.7. The van der Waals surface area contributed by atoms with Crippen LogP contribution in [-0.2, 0) is 0 Å². The number of hydrogen-bond donors (Lipinski definition) is 2. The highest BCUT2D eigenvalue weighted by Gasteiger charge is 2.12. The van der Waals surface area contributed by atoms with E-state index in [1.165, 1.54) is 12.1 Å². The Balaban J connectivity index is 2.17. The van der Waals surface area contributed by atoms with Crippen molar-refractivity contribution in [3.05, 3.63) is 59.4 Å². The highest BCUT2D eigenvalue weighted by molar-refractivity contribution is 7.98. The van der Waals surface area contributed by atoms with Gasteiger partial charge in [0.1, 0.15) is 5.82 Å². The van der Waals surface area contributed by atoms with Crippen molar-refractivity contribution < 1.29 is 19.1 Å². The van der Waals surface area contributed by atoms with Crippen LogP contribution < -0.4 is 5.32 Å². The second-order valence-electron chi connectivity index (χ2n) is 4.18. The third-order valence-corrected chi connectivity index (χ3v) is 3.56. The van der Waals surface area contributed by atoms with Gasteiger partial charge in [-0.15, -0.1) is 11.8 Å². The lowest BCUT2D eigenvalue weighted by atomic mass is 10.1. The Labute approximate surface area is 125 Å². The van der Waals surface area contributed by atoms with E-state index in [9.17, 15) is 14.0 Å².